The van der Waals surface area contributed by atoms with E-state index in [4.69, 9.17) is 16.3 Å². The van der Waals surface area contributed by atoms with Gasteiger partial charge < -0.3 is 15.4 Å². The lowest BCUT2D eigenvalue weighted by atomic mass is 10.2. The van der Waals surface area contributed by atoms with Gasteiger partial charge >= 0.3 is 5.97 Å². The lowest BCUT2D eigenvalue weighted by Gasteiger charge is -2.09. The molecule has 2 rings (SSSR count). The van der Waals surface area contributed by atoms with Crippen LogP contribution >= 0.6 is 27.5 Å². The molecule has 0 fully saturated rings. The van der Waals surface area contributed by atoms with Crippen LogP contribution in [-0.2, 0) is 14.3 Å². The van der Waals surface area contributed by atoms with Crippen LogP contribution in [0.15, 0.2) is 34.8 Å². The molecule has 0 unspecified atom stereocenters. The second kappa shape index (κ2) is 9.56. The molecular formula is C17H11BrClF3N2O4. The third-order valence-electron chi connectivity index (χ3n) is 3.24. The van der Waals surface area contributed by atoms with Gasteiger partial charge in [-0.1, -0.05) is 27.5 Å². The number of esters is 1. The van der Waals surface area contributed by atoms with E-state index < -0.39 is 54.1 Å². The van der Waals surface area contributed by atoms with Crippen molar-refractivity contribution in [2.24, 2.45) is 0 Å². The molecule has 2 aromatic carbocycles. The molecule has 2 amide bonds. The summed E-state index contributed by atoms with van der Waals surface area (Å²) in [6.07, 6.45) is 0. The molecule has 6 nitrogen and oxygen atoms in total. The topological polar surface area (TPSA) is 84.5 Å². The van der Waals surface area contributed by atoms with Gasteiger partial charge in [0, 0.05) is 4.47 Å². The van der Waals surface area contributed by atoms with Crippen molar-refractivity contribution < 1.29 is 32.3 Å². The average Bonchev–Trinajstić information content (AvgIpc) is 2.66. The van der Waals surface area contributed by atoms with Crippen molar-refractivity contribution in [2.45, 2.75) is 0 Å². The molecule has 0 aliphatic carbocycles. The van der Waals surface area contributed by atoms with Crippen LogP contribution in [0, 0.1) is 17.5 Å². The number of carbonyl (C=O) groups is 3. The molecule has 0 aliphatic heterocycles. The fourth-order valence-corrected chi connectivity index (χ4v) is 2.47. The Bertz CT molecular complexity index is 943. The van der Waals surface area contributed by atoms with Crippen molar-refractivity contribution in [3.63, 3.8) is 0 Å². The summed E-state index contributed by atoms with van der Waals surface area (Å²) in [5, 5.41) is 4.22. The normalized spacial score (nSPS) is 10.3. The van der Waals surface area contributed by atoms with Gasteiger partial charge in [-0.05, 0) is 30.3 Å². The fourth-order valence-electron chi connectivity index (χ4n) is 1.91. The highest BCUT2D eigenvalue weighted by molar-refractivity contribution is 9.10. The maximum atomic E-state index is 13.5. The molecule has 0 heterocycles. The maximum absolute atomic E-state index is 13.5. The molecule has 0 atom stereocenters. The molecule has 0 saturated carbocycles. The predicted molar refractivity (Wildman–Crippen MR) is 97.4 cm³/mol. The summed E-state index contributed by atoms with van der Waals surface area (Å²) in [5.41, 5.74) is -0.552. The molecule has 2 N–H and O–H groups in total. The summed E-state index contributed by atoms with van der Waals surface area (Å²) < 4.78 is 44.8. The lowest BCUT2D eigenvalue weighted by molar-refractivity contribution is -0.126. The van der Waals surface area contributed by atoms with Crippen molar-refractivity contribution in [1.29, 1.82) is 0 Å². The zero-order valence-electron chi connectivity index (χ0n) is 13.8. The number of rotatable bonds is 6. The van der Waals surface area contributed by atoms with Gasteiger partial charge in [0.05, 0.1) is 22.8 Å². The van der Waals surface area contributed by atoms with E-state index in [0.29, 0.717) is 10.5 Å². The molecular weight excluding hydrogens is 469 g/mol. The smallest absolute Gasteiger partial charge is 0.340 e. The molecule has 28 heavy (non-hydrogen) atoms. The minimum atomic E-state index is -1.74. The molecule has 0 radical (unpaired) electrons. The summed E-state index contributed by atoms with van der Waals surface area (Å²) in [6.45, 7) is -1.32. The monoisotopic (exact) mass is 478 g/mol. The second-order valence-electron chi connectivity index (χ2n) is 5.25. The van der Waals surface area contributed by atoms with Crippen LogP contribution in [0.2, 0.25) is 5.02 Å². The van der Waals surface area contributed by atoms with Gasteiger partial charge in [-0.3, -0.25) is 9.59 Å². The summed E-state index contributed by atoms with van der Waals surface area (Å²) in [7, 11) is 0. The largest absolute Gasteiger partial charge is 0.452 e. The Hall–Kier alpha value is -2.59. The number of anilines is 1. The maximum Gasteiger partial charge on any atom is 0.340 e. The van der Waals surface area contributed by atoms with Gasteiger partial charge in [-0.15, -0.1) is 0 Å². The minimum Gasteiger partial charge on any atom is -0.452 e. The Morgan fingerprint density at radius 1 is 1.04 bits per heavy atom. The van der Waals surface area contributed by atoms with Crippen molar-refractivity contribution in [2.75, 3.05) is 18.5 Å². The van der Waals surface area contributed by atoms with Gasteiger partial charge in [0.15, 0.2) is 24.1 Å². The van der Waals surface area contributed by atoms with Crippen LogP contribution in [0.5, 0.6) is 0 Å². The van der Waals surface area contributed by atoms with E-state index in [0.717, 1.165) is 6.07 Å². The Labute approximate surface area is 170 Å². The second-order valence-corrected chi connectivity index (χ2v) is 6.57. The van der Waals surface area contributed by atoms with Gasteiger partial charge in [0.1, 0.15) is 0 Å². The summed E-state index contributed by atoms with van der Waals surface area (Å²) in [5.74, 6) is -7.29. The number of ether oxygens (including phenoxy) is 1. The highest BCUT2D eigenvalue weighted by atomic mass is 79.9. The predicted octanol–water partition coefficient (Wildman–Crippen LogP) is 3.43. The number of halogens is 5. The lowest BCUT2D eigenvalue weighted by Crippen LogP contribution is -2.35. The van der Waals surface area contributed by atoms with Crippen LogP contribution < -0.4 is 10.6 Å². The van der Waals surface area contributed by atoms with E-state index in [9.17, 15) is 27.6 Å². The standard InChI is InChI=1S/C17H11BrClF3N2O4/c18-8-1-2-10(19)9(5-8)17(27)28-7-14(26)23-6-13(25)24-12-4-3-11(20)15(21)16(12)22/h1-5H,6-7H2,(H,23,26)(H,24,25). The zero-order valence-corrected chi connectivity index (χ0v) is 16.2. The third-order valence-corrected chi connectivity index (χ3v) is 4.06. The Morgan fingerprint density at radius 3 is 2.46 bits per heavy atom. The Morgan fingerprint density at radius 2 is 1.75 bits per heavy atom. The van der Waals surface area contributed by atoms with E-state index in [1.165, 1.54) is 12.1 Å². The van der Waals surface area contributed by atoms with Crippen molar-refractivity contribution in [3.05, 3.63) is 62.8 Å². The van der Waals surface area contributed by atoms with Crippen LogP contribution in [0.4, 0.5) is 18.9 Å². The number of carbonyl (C=O) groups excluding carboxylic acids is 3. The van der Waals surface area contributed by atoms with Crippen molar-refractivity contribution >= 4 is 51.0 Å². The summed E-state index contributed by atoms with van der Waals surface area (Å²) in [4.78, 5) is 35.2. The third kappa shape index (κ3) is 5.70. The number of hydrogen-bond donors (Lipinski definition) is 2. The first kappa shape index (κ1) is 21.7. The van der Waals surface area contributed by atoms with Crippen LogP contribution in [-0.4, -0.2) is 30.9 Å². The van der Waals surface area contributed by atoms with E-state index in [1.807, 2.05) is 5.32 Å². The highest BCUT2D eigenvalue weighted by Gasteiger charge is 2.17. The summed E-state index contributed by atoms with van der Waals surface area (Å²) in [6, 6.07) is 5.95. The average molecular weight is 480 g/mol. The van der Waals surface area contributed by atoms with E-state index in [-0.39, 0.29) is 10.6 Å². The number of hydrogen-bond acceptors (Lipinski definition) is 4. The summed E-state index contributed by atoms with van der Waals surface area (Å²) >= 11 is 9.03. The van der Waals surface area contributed by atoms with Crippen LogP contribution in [0.3, 0.4) is 0 Å². The van der Waals surface area contributed by atoms with E-state index >= 15 is 0 Å². The quantitative estimate of drug-likeness (QED) is 0.491. The molecule has 148 valence electrons. The Kier molecular flexibility index (Phi) is 7.41. The molecule has 11 heteroatoms. The molecule has 0 aromatic heterocycles. The van der Waals surface area contributed by atoms with Crippen LogP contribution in [0.1, 0.15) is 10.4 Å². The molecule has 0 bridgehead atoms. The fraction of sp³-hybridized carbons (Fsp3) is 0.118. The van der Waals surface area contributed by atoms with Crippen molar-refractivity contribution in [3.8, 4) is 0 Å². The van der Waals surface area contributed by atoms with Gasteiger partial charge in [-0.25, -0.2) is 18.0 Å². The zero-order chi connectivity index (χ0) is 20.8. The minimum absolute atomic E-state index is 0.0374. The van der Waals surface area contributed by atoms with Gasteiger partial charge in [0.25, 0.3) is 5.91 Å². The first-order chi connectivity index (χ1) is 13.2. The molecule has 2 aromatic rings. The first-order valence-corrected chi connectivity index (χ1v) is 8.68. The number of nitrogens with one attached hydrogen (secondary N) is 2. The molecule has 0 aliphatic rings. The SMILES string of the molecule is O=C(COC(=O)c1cc(Br)ccc1Cl)NCC(=O)Nc1ccc(F)c(F)c1F. The van der Waals surface area contributed by atoms with E-state index in [1.54, 1.807) is 6.07 Å². The van der Waals surface area contributed by atoms with E-state index in [2.05, 4.69) is 21.2 Å². The van der Waals surface area contributed by atoms with Crippen LogP contribution in [0.25, 0.3) is 0 Å². The van der Waals surface area contributed by atoms with Crippen molar-refractivity contribution in [1.82, 2.24) is 5.32 Å². The van der Waals surface area contributed by atoms with Gasteiger partial charge in [-0.2, -0.15) is 0 Å². The first-order valence-electron chi connectivity index (χ1n) is 7.51. The number of benzene rings is 2. The van der Waals surface area contributed by atoms with Gasteiger partial charge in [0.2, 0.25) is 5.91 Å². The Balaban J connectivity index is 1.82. The number of amides is 2. The highest BCUT2D eigenvalue weighted by Crippen LogP contribution is 2.22. The molecule has 0 saturated heterocycles. The molecule has 0 spiro atoms.